The standard InChI is InChI=1S/C16H16ClN5O3S2/c1-22(2)27(24,25)14-11(17)8-9-12(13(14)23)19-16-15(20-26-21-16)18-10-6-4-3-5-7-10/h3-9,23H,1-2H3,(H,18,20)(H,19,21). The van der Waals surface area contributed by atoms with Crippen molar-refractivity contribution in [3.63, 3.8) is 0 Å². The zero-order valence-corrected chi connectivity index (χ0v) is 16.7. The molecule has 11 heteroatoms. The van der Waals surface area contributed by atoms with Crippen LogP contribution in [-0.2, 0) is 10.0 Å². The van der Waals surface area contributed by atoms with Crippen molar-refractivity contribution in [2.75, 3.05) is 24.7 Å². The molecule has 0 aliphatic heterocycles. The SMILES string of the molecule is CN(C)S(=O)(=O)c1c(Cl)ccc(Nc2nsnc2Nc2ccccc2)c1O. The normalized spacial score (nSPS) is 11.6. The number of benzene rings is 2. The number of phenols is 1. The number of hydrogen-bond donors (Lipinski definition) is 3. The second-order valence-electron chi connectivity index (χ2n) is 5.64. The minimum atomic E-state index is -3.94. The summed E-state index contributed by atoms with van der Waals surface area (Å²) in [5, 5.41) is 16.4. The predicted molar refractivity (Wildman–Crippen MR) is 107 cm³/mol. The summed E-state index contributed by atoms with van der Waals surface area (Å²) >= 11 is 6.99. The van der Waals surface area contributed by atoms with Gasteiger partial charge in [0.1, 0.15) is 4.90 Å². The Morgan fingerprint density at radius 3 is 2.30 bits per heavy atom. The second-order valence-corrected chi connectivity index (χ2v) is 8.66. The molecule has 0 spiro atoms. The average Bonchev–Trinajstić information content (AvgIpc) is 3.05. The first-order valence-electron chi connectivity index (χ1n) is 7.66. The topological polar surface area (TPSA) is 107 Å². The van der Waals surface area contributed by atoms with Crippen molar-refractivity contribution in [3.8, 4) is 5.75 Å². The number of nitrogens with zero attached hydrogens (tertiary/aromatic N) is 3. The Balaban J connectivity index is 1.95. The number of hydrogen-bond acceptors (Lipinski definition) is 8. The third-order valence-corrected chi connectivity index (χ3v) is 6.45. The van der Waals surface area contributed by atoms with E-state index in [9.17, 15) is 13.5 Å². The highest BCUT2D eigenvalue weighted by Gasteiger charge is 2.27. The van der Waals surface area contributed by atoms with Crippen molar-refractivity contribution in [2.45, 2.75) is 4.90 Å². The van der Waals surface area contributed by atoms with Crippen LogP contribution in [0, 0.1) is 0 Å². The van der Waals surface area contributed by atoms with Crippen molar-refractivity contribution in [1.82, 2.24) is 13.1 Å². The van der Waals surface area contributed by atoms with Gasteiger partial charge in [0.25, 0.3) is 0 Å². The summed E-state index contributed by atoms with van der Waals surface area (Å²) < 4.78 is 34.2. The molecule has 0 saturated carbocycles. The van der Waals surface area contributed by atoms with Crippen LogP contribution in [0.5, 0.6) is 5.75 Å². The van der Waals surface area contributed by atoms with Crippen LogP contribution < -0.4 is 10.6 Å². The molecule has 3 N–H and O–H groups in total. The van der Waals surface area contributed by atoms with Gasteiger partial charge in [-0.25, -0.2) is 12.7 Å². The minimum absolute atomic E-state index is 0.0780. The van der Waals surface area contributed by atoms with Gasteiger partial charge >= 0.3 is 0 Å². The maximum absolute atomic E-state index is 12.5. The third-order valence-electron chi connectivity index (χ3n) is 3.60. The van der Waals surface area contributed by atoms with Gasteiger partial charge in [-0.3, -0.25) is 0 Å². The van der Waals surface area contributed by atoms with Gasteiger partial charge in [-0.15, -0.1) is 0 Å². The van der Waals surface area contributed by atoms with Crippen LogP contribution in [-0.4, -0.2) is 40.7 Å². The van der Waals surface area contributed by atoms with Crippen LogP contribution in [0.15, 0.2) is 47.4 Å². The molecule has 0 fully saturated rings. The van der Waals surface area contributed by atoms with Crippen molar-refractivity contribution in [2.24, 2.45) is 0 Å². The maximum Gasteiger partial charge on any atom is 0.247 e. The number of aromatic nitrogens is 2. The average molecular weight is 426 g/mol. The highest BCUT2D eigenvalue weighted by Crippen LogP contribution is 2.40. The minimum Gasteiger partial charge on any atom is -0.504 e. The molecule has 0 aliphatic rings. The summed E-state index contributed by atoms with van der Waals surface area (Å²) in [7, 11) is -1.22. The fourth-order valence-corrected chi connectivity index (χ4v) is 4.16. The van der Waals surface area contributed by atoms with Crippen LogP contribution >= 0.6 is 23.3 Å². The van der Waals surface area contributed by atoms with E-state index >= 15 is 0 Å². The van der Waals surface area contributed by atoms with Crippen LogP contribution in [0.3, 0.4) is 0 Å². The molecule has 27 heavy (non-hydrogen) atoms. The zero-order chi connectivity index (χ0) is 19.6. The number of para-hydroxylation sites is 1. The molecule has 1 heterocycles. The van der Waals surface area contributed by atoms with Crippen LogP contribution in [0.2, 0.25) is 5.02 Å². The molecule has 0 saturated heterocycles. The predicted octanol–water partition coefficient (Wildman–Crippen LogP) is 3.63. The van der Waals surface area contributed by atoms with Crippen LogP contribution in [0.4, 0.5) is 23.0 Å². The highest BCUT2D eigenvalue weighted by atomic mass is 35.5. The Bertz CT molecular complexity index is 1060. The Morgan fingerprint density at radius 1 is 1.04 bits per heavy atom. The summed E-state index contributed by atoms with van der Waals surface area (Å²) in [6.45, 7) is 0. The molecule has 142 valence electrons. The van der Waals surface area contributed by atoms with E-state index in [0.717, 1.165) is 21.7 Å². The van der Waals surface area contributed by atoms with Gasteiger partial charge in [-0.1, -0.05) is 29.8 Å². The van der Waals surface area contributed by atoms with E-state index in [1.807, 2.05) is 30.3 Å². The Hall–Kier alpha value is -2.40. The van der Waals surface area contributed by atoms with Gasteiger partial charge in [-0.05, 0) is 24.3 Å². The van der Waals surface area contributed by atoms with Gasteiger partial charge < -0.3 is 15.7 Å². The first-order valence-corrected chi connectivity index (χ1v) is 10.2. The van der Waals surface area contributed by atoms with E-state index in [1.54, 1.807) is 0 Å². The molecule has 0 atom stereocenters. The summed E-state index contributed by atoms with van der Waals surface area (Å²) in [5.41, 5.74) is 0.952. The van der Waals surface area contributed by atoms with Gasteiger partial charge in [0.05, 0.1) is 22.4 Å². The second kappa shape index (κ2) is 7.69. The van der Waals surface area contributed by atoms with Crippen molar-refractivity contribution < 1.29 is 13.5 Å². The molecule has 0 unspecified atom stereocenters. The number of nitrogens with one attached hydrogen (secondary N) is 2. The first-order chi connectivity index (χ1) is 12.8. The van der Waals surface area contributed by atoms with Gasteiger partial charge in [-0.2, -0.15) is 8.75 Å². The number of rotatable bonds is 6. The fraction of sp³-hybridized carbons (Fsp3) is 0.125. The lowest BCUT2D eigenvalue weighted by Crippen LogP contribution is -2.22. The molecule has 3 aromatic rings. The van der Waals surface area contributed by atoms with Gasteiger partial charge in [0, 0.05) is 19.8 Å². The summed E-state index contributed by atoms with van der Waals surface area (Å²) in [4.78, 5) is -0.375. The summed E-state index contributed by atoms with van der Waals surface area (Å²) in [6, 6.07) is 12.2. The molecular formula is C16H16ClN5O3S2. The van der Waals surface area contributed by atoms with E-state index in [2.05, 4.69) is 19.4 Å². The van der Waals surface area contributed by atoms with E-state index in [4.69, 9.17) is 11.6 Å². The lowest BCUT2D eigenvalue weighted by molar-refractivity contribution is 0.455. The Labute approximate surface area is 165 Å². The van der Waals surface area contributed by atoms with Gasteiger partial charge in [0.15, 0.2) is 17.4 Å². The molecule has 3 rings (SSSR count). The molecule has 8 nitrogen and oxygen atoms in total. The fourth-order valence-electron chi connectivity index (χ4n) is 2.21. The number of phenolic OH excluding ortho intramolecular Hbond substituents is 1. The number of aromatic hydroxyl groups is 1. The van der Waals surface area contributed by atoms with Crippen LogP contribution in [0.25, 0.3) is 0 Å². The quantitative estimate of drug-likeness (QED) is 0.517. The van der Waals surface area contributed by atoms with E-state index in [0.29, 0.717) is 11.6 Å². The molecule has 0 amide bonds. The summed E-state index contributed by atoms with van der Waals surface area (Å²) in [5.74, 6) is 0.294. The van der Waals surface area contributed by atoms with E-state index < -0.39 is 15.8 Å². The lowest BCUT2D eigenvalue weighted by atomic mass is 10.3. The molecular weight excluding hydrogens is 410 g/mol. The molecule has 0 aliphatic carbocycles. The largest absolute Gasteiger partial charge is 0.504 e. The van der Waals surface area contributed by atoms with Crippen molar-refractivity contribution in [1.29, 1.82) is 0 Å². The van der Waals surface area contributed by atoms with E-state index in [1.165, 1.54) is 26.2 Å². The molecule has 2 aromatic carbocycles. The number of halogens is 1. The third kappa shape index (κ3) is 3.98. The first kappa shape index (κ1) is 19.4. The van der Waals surface area contributed by atoms with E-state index in [-0.39, 0.29) is 15.6 Å². The Morgan fingerprint density at radius 2 is 1.67 bits per heavy atom. The van der Waals surface area contributed by atoms with Crippen molar-refractivity contribution in [3.05, 3.63) is 47.5 Å². The number of anilines is 4. The lowest BCUT2D eigenvalue weighted by Gasteiger charge is -2.16. The molecule has 0 bridgehead atoms. The summed E-state index contributed by atoms with van der Waals surface area (Å²) in [6.07, 6.45) is 0. The van der Waals surface area contributed by atoms with Crippen molar-refractivity contribution >= 4 is 56.4 Å². The Kier molecular flexibility index (Phi) is 5.51. The van der Waals surface area contributed by atoms with Gasteiger partial charge in [0.2, 0.25) is 10.0 Å². The monoisotopic (exact) mass is 425 g/mol. The highest BCUT2D eigenvalue weighted by molar-refractivity contribution is 7.89. The zero-order valence-electron chi connectivity index (χ0n) is 14.3. The maximum atomic E-state index is 12.5. The smallest absolute Gasteiger partial charge is 0.247 e. The number of sulfonamides is 1. The molecule has 1 aromatic heterocycles. The van der Waals surface area contributed by atoms with Crippen LogP contribution in [0.1, 0.15) is 0 Å². The molecule has 0 radical (unpaired) electrons.